The highest BCUT2D eigenvalue weighted by Gasteiger charge is 2.34. The summed E-state index contributed by atoms with van der Waals surface area (Å²) in [5.41, 5.74) is 0. The molecule has 25 heavy (non-hydrogen) atoms. The molecule has 8 heteroatoms. The van der Waals surface area contributed by atoms with Crippen LogP contribution in [0.15, 0.2) is 0 Å². The van der Waals surface area contributed by atoms with Crippen LogP contribution in [0.25, 0.3) is 0 Å². The van der Waals surface area contributed by atoms with Crippen LogP contribution in [0.4, 0.5) is 0 Å². The monoisotopic (exact) mass is 349 g/mol. The predicted molar refractivity (Wildman–Crippen MR) is 90.7 cm³/mol. The van der Waals surface area contributed by atoms with Crippen molar-refractivity contribution in [1.82, 2.24) is 24.6 Å². The third-order valence-electron chi connectivity index (χ3n) is 5.13. The van der Waals surface area contributed by atoms with E-state index in [2.05, 4.69) is 21.7 Å². The zero-order valence-corrected chi connectivity index (χ0v) is 15.3. The van der Waals surface area contributed by atoms with Gasteiger partial charge in [0, 0.05) is 32.2 Å². The highest BCUT2D eigenvalue weighted by Crippen LogP contribution is 2.26. The molecule has 2 aliphatic rings. The third kappa shape index (κ3) is 3.68. The number of rotatable bonds is 4. The molecule has 0 spiro atoms. The van der Waals surface area contributed by atoms with E-state index in [1.165, 1.54) is 0 Å². The first-order valence-corrected chi connectivity index (χ1v) is 9.06. The number of carbonyl (C=O) groups is 2. The number of hydrogen-bond acceptors (Lipinski definition) is 5. The van der Waals surface area contributed by atoms with Crippen molar-refractivity contribution in [3.8, 4) is 0 Å². The van der Waals surface area contributed by atoms with E-state index in [0.29, 0.717) is 45.6 Å². The molecule has 0 bridgehead atoms. The molecule has 0 unspecified atom stereocenters. The van der Waals surface area contributed by atoms with E-state index in [1.54, 1.807) is 4.90 Å². The van der Waals surface area contributed by atoms with Gasteiger partial charge < -0.3 is 19.1 Å². The van der Waals surface area contributed by atoms with Gasteiger partial charge in [0.25, 0.3) is 0 Å². The highest BCUT2D eigenvalue weighted by atomic mass is 16.5. The molecule has 138 valence electrons. The molecule has 0 radical (unpaired) electrons. The molecule has 0 N–H and O–H groups in total. The molecule has 1 aromatic rings. The highest BCUT2D eigenvalue weighted by molar-refractivity contribution is 5.80. The lowest BCUT2D eigenvalue weighted by Crippen LogP contribution is -2.47. The molecule has 2 aliphatic heterocycles. The van der Waals surface area contributed by atoms with E-state index in [-0.39, 0.29) is 30.4 Å². The number of piperidine rings is 1. The Morgan fingerprint density at radius 1 is 1.20 bits per heavy atom. The van der Waals surface area contributed by atoms with Crippen LogP contribution in [-0.2, 0) is 20.9 Å². The van der Waals surface area contributed by atoms with E-state index >= 15 is 0 Å². The molecular formula is C17H27N5O3. The molecule has 0 aliphatic carbocycles. The summed E-state index contributed by atoms with van der Waals surface area (Å²) in [6, 6.07) is 0.190. The lowest BCUT2D eigenvalue weighted by Gasteiger charge is -2.37. The molecule has 1 fully saturated rings. The lowest BCUT2D eigenvalue weighted by atomic mass is 9.94. The molecule has 1 saturated heterocycles. The van der Waals surface area contributed by atoms with Gasteiger partial charge in [0.05, 0.1) is 12.6 Å². The van der Waals surface area contributed by atoms with Crippen LogP contribution in [0, 0.1) is 12.8 Å². The molecule has 3 heterocycles. The van der Waals surface area contributed by atoms with Crippen LogP contribution in [0.1, 0.15) is 44.4 Å². The zero-order valence-electron chi connectivity index (χ0n) is 15.3. The number of amides is 2. The van der Waals surface area contributed by atoms with Crippen LogP contribution in [0.2, 0.25) is 0 Å². The summed E-state index contributed by atoms with van der Waals surface area (Å²) in [6.45, 7) is 9.04. The van der Waals surface area contributed by atoms with Crippen molar-refractivity contribution < 1.29 is 14.3 Å². The van der Waals surface area contributed by atoms with Crippen molar-refractivity contribution in [2.75, 3.05) is 32.8 Å². The van der Waals surface area contributed by atoms with Gasteiger partial charge in [0.15, 0.2) is 5.82 Å². The molecule has 8 nitrogen and oxygen atoms in total. The van der Waals surface area contributed by atoms with E-state index in [1.807, 2.05) is 18.7 Å². The number of likely N-dealkylation sites (tertiary alicyclic amines) is 1. The van der Waals surface area contributed by atoms with E-state index in [0.717, 1.165) is 11.6 Å². The first-order chi connectivity index (χ1) is 12.0. The number of carbonyl (C=O) groups excluding carboxylic acids is 2. The third-order valence-corrected chi connectivity index (χ3v) is 5.13. The van der Waals surface area contributed by atoms with Crippen LogP contribution < -0.4 is 0 Å². The smallest absolute Gasteiger partial charge is 0.248 e. The summed E-state index contributed by atoms with van der Waals surface area (Å²) in [5.74, 6) is 1.93. The van der Waals surface area contributed by atoms with Crippen molar-refractivity contribution in [2.24, 2.45) is 5.92 Å². The maximum Gasteiger partial charge on any atom is 0.248 e. The van der Waals surface area contributed by atoms with Crippen molar-refractivity contribution in [3.63, 3.8) is 0 Å². The molecule has 0 aromatic carbocycles. The number of ether oxygens (including phenoxy) is 1. The fourth-order valence-electron chi connectivity index (χ4n) is 3.81. The van der Waals surface area contributed by atoms with Gasteiger partial charge in [0.1, 0.15) is 12.4 Å². The van der Waals surface area contributed by atoms with Crippen molar-refractivity contribution >= 4 is 11.8 Å². The fraction of sp³-hybridized carbons (Fsp3) is 0.765. The largest absolute Gasteiger partial charge is 0.372 e. The van der Waals surface area contributed by atoms with E-state index < -0.39 is 0 Å². The Morgan fingerprint density at radius 3 is 2.60 bits per heavy atom. The quantitative estimate of drug-likeness (QED) is 0.802. The number of nitrogens with zero attached hydrogens (tertiary/aromatic N) is 5. The molecule has 2 amide bonds. The van der Waals surface area contributed by atoms with Gasteiger partial charge in [0.2, 0.25) is 11.8 Å². The minimum Gasteiger partial charge on any atom is -0.372 e. The maximum atomic E-state index is 12.9. The topological polar surface area (TPSA) is 80.6 Å². The maximum absolute atomic E-state index is 12.9. The lowest BCUT2D eigenvalue weighted by molar-refractivity contribution is -0.143. The Kier molecular flexibility index (Phi) is 5.36. The van der Waals surface area contributed by atoms with Crippen molar-refractivity contribution in [1.29, 1.82) is 0 Å². The van der Waals surface area contributed by atoms with Gasteiger partial charge in [-0.1, -0.05) is 0 Å². The van der Waals surface area contributed by atoms with Gasteiger partial charge in [-0.05, 0) is 33.6 Å². The minimum atomic E-state index is -0.0149. The van der Waals surface area contributed by atoms with Crippen LogP contribution in [0.3, 0.4) is 0 Å². The fourth-order valence-corrected chi connectivity index (χ4v) is 3.81. The summed E-state index contributed by atoms with van der Waals surface area (Å²) in [7, 11) is 0. The molecule has 0 saturated carbocycles. The normalized spacial score (nSPS) is 21.3. The van der Waals surface area contributed by atoms with Gasteiger partial charge in [-0.3, -0.25) is 9.59 Å². The molecular weight excluding hydrogens is 322 g/mol. The summed E-state index contributed by atoms with van der Waals surface area (Å²) in [5, 5.41) is 8.33. The van der Waals surface area contributed by atoms with Crippen LogP contribution in [0.5, 0.6) is 0 Å². The summed E-state index contributed by atoms with van der Waals surface area (Å²) < 4.78 is 7.29. The number of hydrogen-bond donors (Lipinski definition) is 0. The summed E-state index contributed by atoms with van der Waals surface area (Å²) in [6.07, 6.45) is 1.43. The molecule has 3 rings (SSSR count). The van der Waals surface area contributed by atoms with Crippen LogP contribution in [-0.4, -0.2) is 69.2 Å². The Labute approximate surface area is 148 Å². The number of aromatic nitrogens is 3. The molecule has 1 atom stereocenters. The van der Waals surface area contributed by atoms with Crippen LogP contribution >= 0.6 is 0 Å². The Balaban J connectivity index is 1.56. The summed E-state index contributed by atoms with van der Waals surface area (Å²) in [4.78, 5) is 28.6. The second-order valence-corrected chi connectivity index (χ2v) is 6.89. The number of aryl methyl sites for hydroxylation is 1. The van der Waals surface area contributed by atoms with Crippen molar-refractivity contribution in [2.45, 2.75) is 46.2 Å². The first-order valence-electron chi connectivity index (χ1n) is 9.06. The van der Waals surface area contributed by atoms with E-state index in [4.69, 9.17) is 4.74 Å². The average molecular weight is 349 g/mol. The SMILES string of the molecule is CCOCC(=O)N1CCC(C(=O)N2Cc3nnc(C)n3[C@H](C)C2)CC1. The van der Waals surface area contributed by atoms with Gasteiger partial charge >= 0.3 is 0 Å². The van der Waals surface area contributed by atoms with Gasteiger partial charge in [-0.15, -0.1) is 10.2 Å². The second-order valence-electron chi connectivity index (χ2n) is 6.89. The van der Waals surface area contributed by atoms with Gasteiger partial charge in [-0.25, -0.2) is 0 Å². The predicted octanol–water partition coefficient (Wildman–Crippen LogP) is 0.765. The standard InChI is InChI=1S/C17H27N5O3/c1-4-25-11-16(23)20-7-5-14(6-8-20)17(24)21-9-12(2)22-13(3)18-19-15(22)10-21/h12,14H,4-11H2,1-3H3/t12-/m1/s1. The van der Waals surface area contributed by atoms with Crippen molar-refractivity contribution in [3.05, 3.63) is 11.6 Å². The minimum absolute atomic E-state index is 0.0149. The summed E-state index contributed by atoms with van der Waals surface area (Å²) >= 11 is 0. The Hall–Kier alpha value is -1.96. The first kappa shape index (κ1) is 17.8. The van der Waals surface area contributed by atoms with E-state index in [9.17, 15) is 9.59 Å². The zero-order chi connectivity index (χ0) is 18.0. The molecule has 1 aromatic heterocycles. The van der Waals surface area contributed by atoms with Gasteiger partial charge in [-0.2, -0.15) is 0 Å². The Bertz CT molecular complexity index is 636. The average Bonchev–Trinajstić information content (AvgIpc) is 3.00. The number of fused-ring (bicyclic) bond motifs is 1. The Morgan fingerprint density at radius 2 is 1.92 bits per heavy atom. The second kappa shape index (κ2) is 7.51.